The Kier molecular flexibility index (Phi) is 7.85. The van der Waals surface area contributed by atoms with E-state index in [-0.39, 0.29) is 29.0 Å². The smallest absolute Gasteiger partial charge is 0.221 e. The summed E-state index contributed by atoms with van der Waals surface area (Å²) < 4.78 is 36.6. The van der Waals surface area contributed by atoms with Gasteiger partial charge in [-0.3, -0.25) is 4.79 Å². The average molecular weight is 480 g/mol. The Labute approximate surface area is 200 Å². The minimum absolute atomic E-state index is 0.112. The monoisotopic (exact) mass is 479 g/mol. The van der Waals surface area contributed by atoms with Crippen LogP contribution in [0.5, 0.6) is 11.5 Å². The Bertz CT molecular complexity index is 1200. The lowest BCUT2D eigenvalue weighted by molar-refractivity contribution is -0.121. The highest BCUT2D eigenvalue weighted by molar-refractivity contribution is 7.91. The van der Waals surface area contributed by atoms with Crippen molar-refractivity contribution in [2.75, 3.05) is 19.0 Å². The van der Waals surface area contributed by atoms with Crippen LogP contribution in [0.15, 0.2) is 83.8 Å². The molecule has 0 aromatic heterocycles. The SMILES string of the molecule is O=C(CCS(=O)(=O)c1ccc2c(c1)OCCO2)NC(CCCc1ccccc1)c1ccccc1. The minimum atomic E-state index is -3.64. The van der Waals surface area contributed by atoms with Crippen LogP contribution in [-0.4, -0.2) is 33.3 Å². The number of carbonyl (C=O) groups is 1. The van der Waals surface area contributed by atoms with Gasteiger partial charge in [0, 0.05) is 12.5 Å². The molecule has 178 valence electrons. The first-order valence-corrected chi connectivity index (χ1v) is 13.2. The van der Waals surface area contributed by atoms with Crippen LogP contribution in [0, 0.1) is 0 Å². The molecule has 0 saturated heterocycles. The summed E-state index contributed by atoms with van der Waals surface area (Å²) in [6, 6.07) is 24.4. The van der Waals surface area contributed by atoms with E-state index >= 15 is 0 Å². The number of fused-ring (bicyclic) bond motifs is 1. The lowest BCUT2D eigenvalue weighted by Crippen LogP contribution is -2.30. The summed E-state index contributed by atoms with van der Waals surface area (Å²) in [4.78, 5) is 12.9. The summed E-state index contributed by atoms with van der Waals surface area (Å²) in [6.45, 7) is 0.817. The van der Waals surface area contributed by atoms with Crippen molar-refractivity contribution in [2.45, 2.75) is 36.6 Å². The number of ether oxygens (including phenoxy) is 2. The van der Waals surface area contributed by atoms with Crippen molar-refractivity contribution in [3.8, 4) is 11.5 Å². The van der Waals surface area contributed by atoms with Crippen molar-refractivity contribution < 1.29 is 22.7 Å². The number of hydrogen-bond acceptors (Lipinski definition) is 5. The van der Waals surface area contributed by atoms with Gasteiger partial charge in [0.2, 0.25) is 5.91 Å². The van der Waals surface area contributed by atoms with Crippen LogP contribution < -0.4 is 14.8 Å². The van der Waals surface area contributed by atoms with Crippen molar-refractivity contribution in [1.29, 1.82) is 0 Å². The lowest BCUT2D eigenvalue weighted by atomic mass is 9.99. The first-order chi connectivity index (χ1) is 16.5. The van der Waals surface area contributed by atoms with E-state index in [4.69, 9.17) is 9.47 Å². The van der Waals surface area contributed by atoms with E-state index in [0.29, 0.717) is 24.7 Å². The highest BCUT2D eigenvalue weighted by Gasteiger charge is 2.22. The number of aryl methyl sites for hydroxylation is 1. The second-order valence-electron chi connectivity index (χ2n) is 8.28. The van der Waals surface area contributed by atoms with E-state index in [1.807, 2.05) is 48.5 Å². The van der Waals surface area contributed by atoms with Gasteiger partial charge in [-0.1, -0.05) is 60.7 Å². The lowest BCUT2D eigenvalue weighted by Gasteiger charge is -2.20. The summed E-state index contributed by atoms with van der Waals surface area (Å²) in [5.41, 5.74) is 2.27. The molecule has 1 atom stereocenters. The molecule has 3 aromatic rings. The minimum Gasteiger partial charge on any atom is -0.486 e. The summed E-state index contributed by atoms with van der Waals surface area (Å²) in [7, 11) is -3.64. The molecule has 1 N–H and O–H groups in total. The Morgan fingerprint density at radius 1 is 0.882 bits per heavy atom. The quantitative estimate of drug-likeness (QED) is 0.463. The number of rotatable bonds is 10. The van der Waals surface area contributed by atoms with Crippen LogP contribution in [0.1, 0.15) is 36.4 Å². The molecule has 0 fully saturated rings. The maximum atomic E-state index is 12.8. The maximum Gasteiger partial charge on any atom is 0.221 e. The predicted octanol–water partition coefficient (Wildman–Crippen LogP) is 4.50. The Morgan fingerprint density at radius 2 is 1.56 bits per heavy atom. The summed E-state index contributed by atoms with van der Waals surface area (Å²) in [5, 5.41) is 3.05. The molecule has 1 unspecified atom stereocenters. The summed E-state index contributed by atoms with van der Waals surface area (Å²) in [5.74, 6) is 0.391. The molecule has 34 heavy (non-hydrogen) atoms. The zero-order chi connectivity index (χ0) is 23.8. The number of carbonyl (C=O) groups excluding carboxylic acids is 1. The Morgan fingerprint density at radius 3 is 2.29 bits per heavy atom. The standard InChI is InChI=1S/C27H29NO5S/c29-27(16-19-34(30,31)23-14-15-25-26(20-23)33-18-17-32-25)28-24(22-11-5-2-6-12-22)13-7-10-21-8-3-1-4-9-21/h1-6,8-9,11-12,14-15,20,24H,7,10,13,16-19H2,(H,28,29). The van der Waals surface area contributed by atoms with Gasteiger partial charge in [0.15, 0.2) is 21.3 Å². The zero-order valence-electron chi connectivity index (χ0n) is 19.0. The number of amides is 1. The molecule has 1 amide bonds. The van der Waals surface area contributed by atoms with Gasteiger partial charge in [-0.2, -0.15) is 0 Å². The molecule has 0 saturated carbocycles. The zero-order valence-corrected chi connectivity index (χ0v) is 19.8. The Balaban J connectivity index is 1.36. The molecule has 4 rings (SSSR count). The highest BCUT2D eigenvalue weighted by Crippen LogP contribution is 2.32. The van der Waals surface area contributed by atoms with Crippen molar-refractivity contribution in [1.82, 2.24) is 5.32 Å². The molecule has 0 radical (unpaired) electrons. The molecule has 1 heterocycles. The molecule has 0 bridgehead atoms. The van der Waals surface area contributed by atoms with Crippen molar-refractivity contribution >= 4 is 15.7 Å². The van der Waals surface area contributed by atoms with Crippen molar-refractivity contribution in [2.24, 2.45) is 0 Å². The van der Waals surface area contributed by atoms with Gasteiger partial charge in [0.1, 0.15) is 13.2 Å². The van der Waals surface area contributed by atoms with Crippen LogP contribution in [0.4, 0.5) is 0 Å². The van der Waals surface area contributed by atoms with Gasteiger partial charge in [0.25, 0.3) is 0 Å². The fourth-order valence-corrected chi connectivity index (χ4v) is 5.24. The number of nitrogens with one attached hydrogen (secondary N) is 1. The van der Waals surface area contributed by atoms with Crippen LogP contribution in [-0.2, 0) is 21.1 Å². The number of sulfone groups is 1. The van der Waals surface area contributed by atoms with Crippen molar-refractivity contribution in [3.63, 3.8) is 0 Å². The Hall–Kier alpha value is -3.32. The molecule has 0 spiro atoms. The molecule has 3 aromatic carbocycles. The molecule has 1 aliphatic heterocycles. The van der Waals surface area contributed by atoms with E-state index < -0.39 is 9.84 Å². The van der Waals surface area contributed by atoms with Crippen LogP contribution in [0.3, 0.4) is 0 Å². The molecule has 1 aliphatic rings. The van der Waals surface area contributed by atoms with Gasteiger partial charge in [0.05, 0.1) is 16.7 Å². The first kappa shape index (κ1) is 23.8. The van der Waals surface area contributed by atoms with Crippen LogP contribution in [0.2, 0.25) is 0 Å². The fourth-order valence-electron chi connectivity index (χ4n) is 3.99. The van der Waals surface area contributed by atoms with Gasteiger partial charge < -0.3 is 14.8 Å². The average Bonchev–Trinajstić information content (AvgIpc) is 2.88. The normalized spacial score (nSPS) is 13.8. The summed E-state index contributed by atoms with van der Waals surface area (Å²) >= 11 is 0. The van der Waals surface area contributed by atoms with E-state index in [2.05, 4.69) is 17.4 Å². The van der Waals surface area contributed by atoms with E-state index in [1.54, 1.807) is 6.07 Å². The first-order valence-electron chi connectivity index (χ1n) is 11.5. The predicted molar refractivity (Wildman–Crippen MR) is 131 cm³/mol. The van der Waals surface area contributed by atoms with Gasteiger partial charge in [-0.25, -0.2) is 8.42 Å². The molecule has 7 heteroatoms. The van der Waals surface area contributed by atoms with Crippen LogP contribution in [0.25, 0.3) is 0 Å². The molecule has 6 nitrogen and oxygen atoms in total. The number of benzene rings is 3. The van der Waals surface area contributed by atoms with E-state index in [1.165, 1.54) is 17.7 Å². The number of hydrogen-bond donors (Lipinski definition) is 1. The largest absolute Gasteiger partial charge is 0.486 e. The molecular formula is C27H29NO5S. The van der Waals surface area contributed by atoms with Crippen molar-refractivity contribution in [3.05, 3.63) is 90.0 Å². The third-order valence-corrected chi connectivity index (χ3v) is 7.52. The van der Waals surface area contributed by atoms with Gasteiger partial charge >= 0.3 is 0 Å². The summed E-state index contributed by atoms with van der Waals surface area (Å²) in [6.07, 6.45) is 2.47. The fraction of sp³-hybridized carbons (Fsp3) is 0.296. The maximum absolute atomic E-state index is 12.8. The second kappa shape index (κ2) is 11.2. The molecule has 0 aliphatic carbocycles. The van der Waals surface area contributed by atoms with E-state index in [0.717, 1.165) is 24.8 Å². The third-order valence-electron chi connectivity index (χ3n) is 5.81. The van der Waals surface area contributed by atoms with Gasteiger partial charge in [-0.05, 0) is 42.5 Å². The van der Waals surface area contributed by atoms with Gasteiger partial charge in [-0.15, -0.1) is 0 Å². The van der Waals surface area contributed by atoms with E-state index in [9.17, 15) is 13.2 Å². The second-order valence-corrected chi connectivity index (χ2v) is 10.4. The molecular weight excluding hydrogens is 450 g/mol. The third kappa shape index (κ3) is 6.38. The topological polar surface area (TPSA) is 81.7 Å². The van der Waals surface area contributed by atoms with Crippen LogP contribution >= 0.6 is 0 Å². The highest BCUT2D eigenvalue weighted by atomic mass is 32.2.